The number of ether oxygens (including phenoxy) is 1. The van der Waals surface area contributed by atoms with E-state index in [0.29, 0.717) is 16.2 Å². The fraction of sp³-hybridized carbons (Fsp3) is 0.211. The molecule has 0 aromatic heterocycles. The van der Waals surface area contributed by atoms with E-state index < -0.39 is 5.97 Å². The first-order valence-corrected chi connectivity index (χ1v) is 8.40. The molecule has 3 rings (SSSR count). The zero-order chi connectivity index (χ0) is 17.8. The Balaban J connectivity index is 1.71. The molecule has 0 fully saturated rings. The van der Waals surface area contributed by atoms with Crippen molar-refractivity contribution in [1.29, 1.82) is 0 Å². The van der Waals surface area contributed by atoms with Gasteiger partial charge in [0.2, 0.25) is 0 Å². The molecule has 0 saturated carbocycles. The number of hydrogen-bond acceptors (Lipinski definition) is 4. The summed E-state index contributed by atoms with van der Waals surface area (Å²) in [6.45, 7) is 0.775. The quantitative estimate of drug-likeness (QED) is 0.664. The van der Waals surface area contributed by atoms with Crippen molar-refractivity contribution in [3.8, 4) is 0 Å². The van der Waals surface area contributed by atoms with E-state index in [4.69, 9.17) is 12.2 Å². The number of anilines is 1. The Labute approximate surface area is 151 Å². The highest BCUT2D eigenvalue weighted by Crippen LogP contribution is 2.26. The number of amides is 1. The number of hydrogen-bond donors (Lipinski definition) is 1. The molecule has 0 spiro atoms. The molecule has 6 heteroatoms. The van der Waals surface area contributed by atoms with Gasteiger partial charge >= 0.3 is 5.97 Å². The standard InChI is InChI=1S/C19H18N2O3S/c1-24-18(23)15-10-8-14(9-11-15)17(22)20-19(25)21-12-4-6-13-5-2-3-7-16(13)21/h2-3,5,7-11H,4,6,12H2,1H3,(H,20,22,25). The molecule has 0 atom stereocenters. The van der Waals surface area contributed by atoms with E-state index in [2.05, 4.69) is 16.1 Å². The Morgan fingerprint density at radius 2 is 1.76 bits per heavy atom. The van der Waals surface area contributed by atoms with E-state index in [1.807, 2.05) is 23.1 Å². The van der Waals surface area contributed by atoms with Crippen LogP contribution >= 0.6 is 12.2 Å². The number of carbonyl (C=O) groups excluding carboxylic acids is 2. The van der Waals surface area contributed by atoms with Crippen LogP contribution in [0.2, 0.25) is 0 Å². The Morgan fingerprint density at radius 1 is 1.08 bits per heavy atom. The van der Waals surface area contributed by atoms with Gasteiger partial charge in [0.25, 0.3) is 5.91 Å². The third-order valence-electron chi connectivity index (χ3n) is 4.14. The second-order valence-electron chi connectivity index (χ2n) is 5.71. The van der Waals surface area contributed by atoms with Crippen molar-refractivity contribution in [3.05, 3.63) is 65.2 Å². The molecular formula is C19H18N2O3S. The van der Waals surface area contributed by atoms with Gasteiger partial charge in [0, 0.05) is 17.8 Å². The summed E-state index contributed by atoms with van der Waals surface area (Å²) >= 11 is 5.43. The maximum atomic E-state index is 12.4. The van der Waals surface area contributed by atoms with E-state index in [0.717, 1.165) is 25.1 Å². The first-order chi connectivity index (χ1) is 12.1. The third kappa shape index (κ3) is 3.69. The first kappa shape index (κ1) is 17.1. The fourth-order valence-corrected chi connectivity index (χ4v) is 3.14. The van der Waals surface area contributed by atoms with Crippen LogP contribution in [-0.2, 0) is 11.2 Å². The van der Waals surface area contributed by atoms with Crippen LogP contribution in [0.4, 0.5) is 5.69 Å². The molecule has 0 radical (unpaired) electrons. The normalized spacial score (nSPS) is 12.9. The minimum atomic E-state index is -0.438. The summed E-state index contributed by atoms with van der Waals surface area (Å²) < 4.78 is 4.65. The lowest BCUT2D eigenvalue weighted by Gasteiger charge is -2.31. The van der Waals surface area contributed by atoms with Gasteiger partial charge in [-0.2, -0.15) is 0 Å². The second-order valence-corrected chi connectivity index (χ2v) is 6.10. The summed E-state index contributed by atoms with van der Waals surface area (Å²) in [4.78, 5) is 25.8. The van der Waals surface area contributed by atoms with E-state index in [-0.39, 0.29) is 5.91 Å². The number of esters is 1. The van der Waals surface area contributed by atoms with Gasteiger partial charge in [0.1, 0.15) is 0 Å². The lowest BCUT2D eigenvalue weighted by molar-refractivity contribution is 0.0600. The second kappa shape index (κ2) is 7.44. The molecule has 0 unspecified atom stereocenters. The van der Waals surface area contributed by atoms with Gasteiger partial charge in [0.05, 0.1) is 12.7 Å². The van der Waals surface area contributed by atoms with Crippen molar-refractivity contribution in [2.45, 2.75) is 12.8 Å². The van der Waals surface area contributed by atoms with Crippen LogP contribution in [-0.4, -0.2) is 30.6 Å². The van der Waals surface area contributed by atoms with Crippen molar-refractivity contribution < 1.29 is 14.3 Å². The number of rotatable bonds is 2. The maximum absolute atomic E-state index is 12.4. The highest BCUT2D eigenvalue weighted by Gasteiger charge is 2.21. The maximum Gasteiger partial charge on any atom is 0.337 e. The predicted molar refractivity (Wildman–Crippen MR) is 100.0 cm³/mol. The summed E-state index contributed by atoms with van der Waals surface area (Å²) in [6, 6.07) is 14.3. The Kier molecular flexibility index (Phi) is 5.09. The number of para-hydroxylation sites is 1. The molecule has 128 valence electrons. The molecule has 1 amide bonds. The molecular weight excluding hydrogens is 336 g/mol. The van der Waals surface area contributed by atoms with E-state index in [9.17, 15) is 9.59 Å². The Hall–Kier alpha value is -2.73. The number of benzene rings is 2. The van der Waals surface area contributed by atoms with Crippen LogP contribution in [0, 0.1) is 0 Å². The summed E-state index contributed by atoms with van der Waals surface area (Å²) in [6.07, 6.45) is 2.00. The number of nitrogens with zero attached hydrogens (tertiary/aromatic N) is 1. The molecule has 2 aromatic rings. The zero-order valence-electron chi connectivity index (χ0n) is 13.8. The molecule has 0 bridgehead atoms. The minimum Gasteiger partial charge on any atom is -0.465 e. The van der Waals surface area contributed by atoms with Crippen molar-refractivity contribution in [2.75, 3.05) is 18.6 Å². The summed E-state index contributed by atoms with van der Waals surface area (Å²) in [5.74, 6) is -0.739. The van der Waals surface area contributed by atoms with Gasteiger partial charge < -0.3 is 9.64 Å². The molecule has 0 saturated heterocycles. The third-order valence-corrected chi connectivity index (χ3v) is 4.47. The monoisotopic (exact) mass is 354 g/mol. The van der Waals surface area contributed by atoms with Gasteiger partial charge in [-0.1, -0.05) is 18.2 Å². The van der Waals surface area contributed by atoms with Gasteiger partial charge in [0.15, 0.2) is 5.11 Å². The molecule has 1 N–H and O–H groups in total. The Bertz CT molecular complexity index is 818. The molecule has 25 heavy (non-hydrogen) atoms. The highest BCUT2D eigenvalue weighted by atomic mass is 32.1. The van der Waals surface area contributed by atoms with E-state index in [1.165, 1.54) is 12.7 Å². The lowest BCUT2D eigenvalue weighted by atomic mass is 10.0. The van der Waals surface area contributed by atoms with E-state index >= 15 is 0 Å². The van der Waals surface area contributed by atoms with Crippen molar-refractivity contribution in [2.24, 2.45) is 0 Å². The van der Waals surface area contributed by atoms with Crippen molar-refractivity contribution in [3.63, 3.8) is 0 Å². The van der Waals surface area contributed by atoms with Crippen molar-refractivity contribution >= 4 is 34.9 Å². The average molecular weight is 354 g/mol. The molecule has 1 aliphatic heterocycles. The summed E-state index contributed by atoms with van der Waals surface area (Å²) in [5.41, 5.74) is 3.10. The fourth-order valence-electron chi connectivity index (χ4n) is 2.86. The summed E-state index contributed by atoms with van der Waals surface area (Å²) in [5, 5.41) is 3.16. The molecule has 0 aliphatic carbocycles. The van der Waals surface area contributed by atoms with Crippen molar-refractivity contribution in [1.82, 2.24) is 5.32 Å². The summed E-state index contributed by atoms with van der Waals surface area (Å²) in [7, 11) is 1.32. The predicted octanol–water partition coefficient (Wildman–Crippen LogP) is 2.94. The van der Waals surface area contributed by atoms with Gasteiger partial charge in [-0.3, -0.25) is 10.1 Å². The number of thiocarbonyl (C=S) groups is 1. The first-order valence-electron chi connectivity index (χ1n) is 7.99. The number of carbonyl (C=O) groups is 2. The Morgan fingerprint density at radius 3 is 2.48 bits per heavy atom. The van der Waals surface area contributed by atoms with Crippen LogP contribution in [0.1, 0.15) is 32.7 Å². The van der Waals surface area contributed by atoms with Crippen LogP contribution < -0.4 is 10.2 Å². The van der Waals surface area contributed by atoms with Crippen LogP contribution in [0.3, 0.4) is 0 Å². The van der Waals surface area contributed by atoms with Crippen LogP contribution in [0.5, 0.6) is 0 Å². The number of fused-ring (bicyclic) bond motifs is 1. The average Bonchev–Trinajstić information content (AvgIpc) is 2.66. The SMILES string of the molecule is COC(=O)c1ccc(C(=O)NC(=S)N2CCCc3ccccc32)cc1. The van der Waals surface area contributed by atoms with Crippen LogP contribution in [0.25, 0.3) is 0 Å². The minimum absolute atomic E-state index is 0.301. The molecule has 1 aliphatic rings. The lowest BCUT2D eigenvalue weighted by Crippen LogP contribution is -2.45. The molecule has 5 nitrogen and oxygen atoms in total. The van der Waals surface area contributed by atoms with Gasteiger partial charge in [-0.05, 0) is 61.0 Å². The zero-order valence-corrected chi connectivity index (χ0v) is 14.6. The van der Waals surface area contributed by atoms with E-state index in [1.54, 1.807) is 24.3 Å². The number of methoxy groups -OCH3 is 1. The number of nitrogens with one attached hydrogen (secondary N) is 1. The number of aryl methyl sites for hydroxylation is 1. The topological polar surface area (TPSA) is 58.6 Å². The molecule has 1 heterocycles. The van der Waals surface area contributed by atoms with Gasteiger partial charge in [-0.15, -0.1) is 0 Å². The highest BCUT2D eigenvalue weighted by molar-refractivity contribution is 7.80. The largest absolute Gasteiger partial charge is 0.465 e. The van der Waals surface area contributed by atoms with Gasteiger partial charge in [-0.25, -0.2) is 4.79 Å². The molecule has 2 aromatic carbocycles. The van der Waals surface area contributed by atoms with Crippen LogP contribution in [0.15, 0.2) is 48.5 Å². The smallest absolute Gasteiger partial charge is 0.337 e.